The van der Waals surface area contributed by atoms with Crippen LogP contribution in [0.4, 0.5) is 0 Å². The van der Waals surface area contributed by atoms with Gasteiger partial charge in [0, 0.05) is 5.56 Å². The summed E-state index contributed by atoms with van der Waals surface area (Å²) in [6, 6.07) is 13.5. The fourth-order valence-electron chi connectivity index (χ4n) is 2.83. The first-order chi connectivity index (χ1) is 10.3. The third-order valence-corrected chi connectivity index (χ3v) is 3.85. The average molecular weight is 281 g/mol. The Hall–Kier alpha value is -2.13. The molecule has 0 radical (unpaired) electrons. The maximum Gasteiger partial charge on any atom is 0.197 e. The minimum atomic E-state index is 0.0257. The number of hydrogen-bond acceptors (Lipinski definition) is 3. The second-order valence-electron chi connectivity index (χ2n) is 5.27. The molecule has 3 rings (SSSR count). The van der Waals surface area contributed by atoms with Crippen molar-refractivity contribution in [3.8, 4) is 5.75 Å². The van der Waals surface area contributed by atoms with Crippen LogP contribution < -0.4 is 10.5 Å². The summed E-state index contributed by atoms with van der Waals surface area (Å²) < 4.78 is 5.75. The number of carbonyl (C=O) groups excluding carboxylic acids is 1. The molecule has 2 aromatic rings. The van der Waals surface area contributed by atoms with Crippen LogP contribution >= 0.6 is 0 Å². The molecule has 108 valence electrons. The molecule has 2 N–H and O–H groups in total. The second-order valence-corrected chi connectivity index (χ2v) is 5.27. The largest absolute Gasteiger partial charge is 0.493 e. The van der Waals surface area contributed by atoms with Gasteiger partial charge >= 0.3 is 0 Å². The molecule has 1 aliphatic rings. The molecule has 3 heteroatoms. The van der Waals surface area contributed by atoms with Crippen LogP contribution in [0.5, 0.6) is 5.75 Å². The molecule has 0 aliphatic carbocycles. The monoisotopic (exact) mass is 281 g/mol. The predicted octanol–water partition coefficient (Wildman–Crippen LogP) is 2.74. The highest BCUT2D eigenvalue weighted by molar-refractivity contribution is 6.11. The standard InChI is InChI=1S/C18H19NO2/c19-11-10-13-5-1-2-8-15(13)17(20)16-9-3-6-14-7-4-12-21-18(14)16/h1-3,5-6,8-9H,4,7,10-12,19H2. The molecule has 0 bridgehead atoms. The lowest BCUT2D eigenvalue weighted by atomic mass is 9.93. The summed E-state index contributed by atoms with van der Waals surface area (Å²) in [6.07, 6.45) is 2.69. The van der Waals surface area contributed by atoms with E-state index < -0.39 is 0 Å². The van der Waals surface area contributed by atoms with Gasteiger partial charge in [-0.1, -0.05) is 36.4 Å². The quantitative estimate of drug-likeness (QED) is 0.877. The second kappa shape index (κ2) is 6.10. The van der Waals surface area contributed by atoms with Crippen molar-refractivity contribution in [2.75, 3.05) is 13.2 Å². The smallest absolute Gasteiger partial charge is 0.197 e. The van der Waals surface area contributed by atoms with Crippen LogP contribution in [0.1, 0.15) is 33.5 Å². The van der Waals surface area contributed by atoms with E-state index in [1.54, 1.807) is 0 Å². The van der Waals surface area contributed by atoms with Gasteiger partial charge in [-0.2, -0.15) is 0 Å². The molecule has 3 nitrogen and oxygen atoms in total. The van der Waals surface area contributed by atoms with Crippen molar-refractivity contribution in [2.45, 2.75) is 19.3 Å². The first-order valence-electron chi connectivity index (χ1n) is 7.38. The van der Waals surface area contributed by atoms with Crippen molar-refractivity contribution in [1.82, 2.24) is 0 Å². The van der Waals surface area contributed by atoms with Gasteiger partial charge in [-0.3, -0.25) is 4.79 Å². The number of ketones is 1. The maximum atomic E-state index is 12.9. The summed E-state index contributed by atoms with van der Waals surface area (Å²) in [5, 5.41) is 0. The van der Waals surface area contributed by atoms with Gasteiger partial charge in [0.25, 0.3) is 0 Å². The lowest BCUT2D eigenvalue weighted by Crippen LogP contribution is -2.15. The molecule has 1 aliphatic heterocycles. The van der Waals surface area contributed by atoms with E-state index in [0.717, 1.165) is 35.3 Å². The summed E-state index contributed by atoms with van der Waals surface area (Å²) in [5.41, 5.74) is 9.16. The Morgan fingerprint density at radius 3 is 2.76 bits per heavy atom. The van der Waals surface area contributed by atoms with E-state index in [4.69, 9.17) is 10.5 Å². The first kappa shape index (κ1) is 13.8. The maximum absolute atomic E-state index is 12.9. The molecular weight excluding hydrogens is 262 g/mol. The highest BCUT2D eigenvalue weighted by Gasteiger charge is 2.21. The fraction of sp³-hybridized carbons (Fsp3) is 0.278. The Morgan fingerprint density at radius 2 is 1.90 bits per heavy atom. The summed E-state index contributed by atoms with van der Waals surface area (Å²) in [6.45, 7) is 1.22. The van der Waals surface area contributed by atoms with E-state index in [0.29, 0.717) is 25.1 Å². The number of nitrogens with two attached hydrogens (primary N) is 1. The molecule has 0 fully saturated rings. The van der Waals surface area contributed by atoms with Gasteiger partial charge in [-0.05, 0) is 43.0 Å². The van der Waals surface area contributed by atoms with Crippen molar-refractivity contribution in [1.29, 1.82) is 0 Å². The van der Waals surface area contributed by atoms with E-state index in [-0.39, 0.29) is 5.78 Å². The van der Waals surface area contributed by atoms with Crippen LogP contribution in [0.25, 0.3) is 0 Å². The van der Waals surface area contributed by atoms with Crippen LogP contribution in [-0.2, 0) is 12.8 Å². The zero-order chi connectivity index (χ0) is 14.7. The van der Waals surface area contributed by atoms with E-state index in [1.807, 2.05) is 42.5 Å². The van der Waals surface area contributed by atoms with E-state index in [9.17, 15) is 4.79 Å². The Bertz CT molecular complexity index is 664. The summed E-state index contributed by atoms with van der Waals surface area (Å²) in [4.78, 5) is 12.9. The number of ether oxygens (including phenoxy) is 1. The van der Waals surface area contributed by atoms with Crippen molar-refractivity contribution in [2.24, 2.45) is 5.73 Å². The van der Waals surface area contributed by atoms with E-state index in [2.05, 4.69) is 0 Å². The number of benzene rings is 2. The van der Waals surface area contributed by atoms with E-state index >= 15 is 0 Å². The van der Waals surface area contributed by atoms with Crippen molar-refractivity contribution in [3.63, 3.8) is 0 Å². The van der Waals surface area contributed by atoms with Gasteiger partial charge < -0.3 is 10.5 Å². The van der Waals surface area contributed by atoms with Crippen LogP contribution in [0.3, 0.4) is 0 Å². The Kier molecular flexibility index (Phi) is 4.02. The Morgan fingerprint density at radius 1 is 1.10 bits per heavy atom. The number of carbonyl (C=O) groups is 1. The highest BCUT2D eigenvalue weighted by atomic mass is 16.5. The third-order valence-electron chi connectivity index (χ3n) is 3.85. The number of rotatable bonds is 4. The van der Waals surface area contributed by atoms with Crippen LogP contribution in [0.15, 0.2) is 42.5 Å². The Balaban J connectivity index is 2.03. The Labute approximate surface area is 124 Å². The minimum Gasteiger partial charge on any atom is -0.493 e. The number of hydrogen-bond donors (Lipinski definition) is 1. The molecular formula is C18H19NO2. The summed E-state index contributed by atoms with van der Waals surface area (Å²) >= 11 is 0. The van der Waals surface area contributed by atoms with E-state index in [1.165, 1.54) is 0 Å². The number of para-hydroxylation sites is 1. The normalized spacial score (nSPS) is 13.4. The van der Waals surface area contributed by atoms with Gasteiger partial charge in [0.05, 0.1) is 12.2 Å². The summed E-state index contributed by atoms with van der Waals surface area (Å²) in [5.74, 6) is 0.786. The van der Waals surface area contributed by atoms with Crippen LogP contribution in [0, 0.1) is 0 Å². The predicted molar refractivity (Wildman–Crippen MR) is 82.9 cm³/mol. The topological polar surface area (TPSA) is 52.3 Å². The van der Waals surface area contributed by atoms with Gasteiger partial charge in [-0.15, -0.1) is 0 Å². The molecule has 0 atom stereocenters. The van der Waals surface area contributed by atoms with Crippen LogP contribution in [0.2, 0.25) is 0 Å². The number of aryl methyl sites for hydroxylation is 1. The lowest BCUT2D eigenvalue weighted by molar-refractivity contribution is 0.103. The molecule has 0 saturated heterocycles. The SMILES string of the molecule is NCCc1ccccc1C(=O)c1cccc2c1OCCC2. The fourth-order valence-corrected chi connectivity index (χ4v) is 2.83. The number of fused-ring (bicyclic) bond motifs is 1. The van der Waals surface area contributed by atoms with Gasteiger partial charge in [0.2, 0.25) is 0 Å². The molecule has 21 heavy (non-hydrogen) atoms. The molecule has 2 aromatic carbocycles. The molecule has 0 aromatic heterocycles. The van der Waals surface area contributed by atoms with Gasteiger partial charge in [0.1, 0.15) is 5.75 Å². The van der Waals surface area contributed by atoms with Gasteiger partial charge in [0.15, 0.2) is 5.78 Å². The molecule has 0 unspecified atom stereocenters. The molecule has 0 saturated carbocycles. The molecule has 0 spiro atoms. The zero-order valence-electron chi connectivity index (χ0n) is 12.0. The zero-order valence-corrected chi connectivity index (χ0v) is 12.0. The van der Waals surface area contributed by atoms with Crippen molar-refractivity contribution in [3.05, 3.63) is 64.7 Å². The summed E-state index contributed by atoms with van der Waals surface area (Å²) in [7, 11) is 0. The van der Waals surface area contributed by atoms with Crippen molar-refractivity contribution < 1.29 is 9.53 Å². The van der Waals surface area contributed by atoms with Crippen LogP contribution in [-0.4, -0.2) is 18.9 Å². The van der Waals surface area contributed by atoms with Crippen molar-refractivity contribution >= 4 is 5.78 Å². The first-order valence-corrected chi connectivity index (χ1v) is 7.38. The molecule has 1 heterocycles. The third kappa shape index (κ3) is 2.69. The lowest BCUT2D eigenvalue weighted by Gasteiger charge is -2.20. The minimum absolute atomic E-state index is 0.0257. The van der Waals surface area contributed by atoms with Gasteiger partial charge in [-0.25, -0.2) is 0 Å². The molecule has 0 amide bonds. The average Bonchev–Trinajstić information content (AvgIpc) is 2.54. The highest BCUT2D eigenvalue weighted by Crippen LogP contribution is 2.31.